The van der Waals surface area contributed by atoms with E-state index in [0.717, 1.165) is 34.6 Å². The number of aromatic amines is 1. The molecular weight excluding hydrogens is 392 g/mol. The lowest BCUT2D eigenvalue weighted by atomic mass is 9.48. The molecule has 0 radical (unpaired) electrons. The molecule has 160 valence electrons. The molecule has 0 spiro atoms. The van der Waals surface area contributed by atoms with Crippen molar-refractivity contribution >= 4 is 0 Å². The van der Waals surface area contributed by atoms with E-state index in [9.17, 15) is 10.4 Å². The zero-order valence-corrected chi connectivity index (χ0v) is 17.5. The molecule has 31 heavy (non-hydrogen) atoms. The molecule has 2 aromatic rings. The van der Waals surface area contributed by atoms with Crippen LogP contribution in [0.3, 0.4) is 0 Å². The van der Waals surface area contributed by atoms with Gasteiger partial charge in [-0.3, -0.25) is 5.10 Å². The Morgan fingerprint density at radius 2 is 1.90 bits per heavy atom. The summed E-state index contributed by atoms with van der Waals surface area (Å²) in [5.74, 6) is 2.87. The lowest BCUT2D eigenvalue weighted by Gasteiger charge is -2.56. The summed E-state index contributed by atoms with van der Waals surface area (Å²) in [5.41, 5.74) is 9.43. The first-order valence-electron chi connectivity index (χ1n) is 11.0. The number of benzene rings is 1. The highest BCUT2D eigenvalue weighted by Crippen LogP contribution is 2.62. The third kappa shape index (κ3) is 2.60. The number of fused-ring (bicyclic) bond motifs is 1. The second-order valence-corrected chi connectivity index (χ2v) is 9.87. The second-order valence-electron chi connectivity index (χ2n) is 9.87. The third-order valence-electron chi connectivity index (χ3n) is 8.04. The van der Waals surface area contributed by atoms with E-state index in [-0.39, 0.29) is 17.0 Å². The van der Waals surface area contributed by atoms with Crippen LogP contribution in [-0.4, -0.2) is 22.4 Å². The highest BCUT2D eigenvalue weighted by atomic mass is 16.5. The number of aromatic hydroxyl groups is 1. The van der Waals surface area contributed by atoms with E-state index in [1.165, 1.54) is 45.6 Å². The first-order chi connectivity index (χ1) is 15.0. The molecule has 7 heteroatoms. The van der Waals surface area contributed by atoms with Crippen molar-refractivity contribution in [2.75, 3.05) is 7.11 Å². The van der Waals surface area contributed by atoms with Crippen LogP contribution in [-0.2, 0) is 5.41 Å². The van der Waals surface area contributed by atoms with Gasteiger partial charge in [-0.05, 0) is 74.0 Å². The highest BCUT2D eigenvalue weighted by Gasteiger charge is 2.54. The number of phenols is 1. The molecule has 7 nitrogen and oxygen atoms in total. The van der Waals surface area contributed by atoms with E-state index in [1.807, 2.05) is 6.07 Å². The number of ether oxygens (including phenoxy) is 2. The average molecular weight is 418 g/mol. The van der Waals surface area contributed by atoms with Crippen LogP contribution in [0.15, 0.2) is 29.7 Å². The predicted molar refractivity (Wildman–Crippen MR) is 112 cm³/mol. The minimum absolute atomic E-state index is 0.0579. The van der Waals surface area contributed by atoms with Crippen molar-refractivity contribution in [1.82, 2.24) is 10.2 Å². The molecule has 7 rings (SSSR count). The molecule has 1 atom stereocenters. The molecule has 1 aliphatic heterocycles. The van der Waals surface area contributed by atoms with Crippen LogP contribution >= 0.6 is 0 Å². The van der Waals surface area contributed by atoms with Crippen molar-refractivity contribution < 1.29 is 14.6 Å². The summed E-state index contributed by atoms with van der Waals surface area (Å²) in [5, 5.41) is 27.9. The van der Waals surface area contributed by atoms with Crippen LogP contribution in [0.1, 0.15) is 61.3 Å². The van der Waals surface area contributed by atoms with Crippen LogP contribution in [0.4, 0.5) is 0 Å². The Balaban J connectivity index is 1.53. The van der Waals surface area contributed by atoms with E-state index in [0.29, 0.717) is 17.2 Å². The topological polar surface area (TPSA) is 117 Å². The van der Waals surface area contributed by atoms with Gasteiger partial charge in [-0.1, -0.05) is 6.07 Å². The van der Waals surface area contributed by atoms with E-state index in [4.69, 9.17) is 15.2 Å². The standard InChI is InChI=1S/C24H26N4O3/c1-30-18-7-15(2-3-17(18)29)19-16(11-25)22(26)31-23-20(19)21(27-28-23)24-8-12-4-13(9-24)6-14(5-12)10-24/h2-3,7,12-14,19,29H,4-6,8-10,26H2,1H3,(H,27,28). The van der Waals surface area contributed by atoms with Gasteiger partial charge in [-0.15, -0.1) is 5.10 Å². The normalized spacial score (nSPS) is 33.0. The third-order valence-corrected chi connectivity index (χ3v) is 8.04. The van der Waals surface area contributed by atoms with Gasteiger partial charge < -0.3 is 20.3 Å². The summed E-state index contributed by atoms with van der Waals surface area (Å²) in [6, 6.07) is 7.46. The van der Waals surface area contributed by atoms with Gasteiger partial charge in [0.2, 0.25) is 11.8 Å². The summed E-state index contributed by atoms with van der Waals surface area (Å²) >= 11 is 0. The fraction of sp³-hybridized carbons (Fsp3) is 0.500. The number of nitrogens with one attached hydrogen (secondary N) is 1. The highest BCUT2D eigenvalue weighted by molar-refractivity contribution is 5.58. The van der Waals surface area contributed by atoms with Crippen LogP contribution < -0.4 is 15.2 Å². The van der Waals surface area contributed by atoms with Gasteiger partial charge in [-0.25, -0.2) is 0 Å². The van der Waals surface area contributed by atoms with E-state index < -0.39 is 5.92 Å². The van der Waals surface area contributed by atoms with Crippen LogP contribution in [0.25, 0.3) is 0 Å². The van der Waals surface area contributed by atoms with Crippen molar-refractivity contribution in [2.45, 2.75) is 49.9 Å². The average Bonchev–Trinajstić information content (AvgIpc) is 3.16. The van der Waals surface area contributed by atoms with Gasteiger partial charge in [0.05, 0.1) is 18.6 Å². The van der Waals surface area contributed by atoms with Gasteiger partial charge in [0, 0.05) is 11.1 Å². The molecule has 4 fully saturated rings. The Kier molecular flexibility index (Phi) is 3.86. The number of rotatable bonds is 3. The van der Waals surface area contributed by atoms with Crippen LogP contribution in [0.2, 0.25) is 0 Å². The maximum atomic E-state index is 10.1. The minimum Gasteiger partial charge on any atom is -0.504 e. The molecule has 1 aromatic carbocycles. The molecule has 4 N–H and O–H groups in total. The molecule has 1 aromatic heterocycles. The maximum absolute atomic E-state index is 10.1. The quantitative estimate of drug-likeness (QED) is 0.698. The van der Waals surface area contributed by atoms with Crippen molar-refractivity contribution in [3.63, 3.8) is 0 Å². The fourth-order valence-corrected chi connectivity index (χ4v) is 7.27. The van der Waals surface area contributed by atoms with Gasteiger partial charge >= 0.3 is 0 Å². The fourth-order valence-electron chi connectivity index (χ4n) is 7.27. The number of nitriles is 1. The molecule has 4 saturated carbocycles. The Labute approximate surface area is 180 Å². The number of aromatic nitrogens is 2. The number of hydrogen-bond acceptors (Lipinski definition) is 6. The second kappa shape index (κ2) is 6.43. The summed E-state index contributed by atoms with van der Waals surface area (Å²) in [6.07, 6.45) is 7.55. The smallest absolute Gasteiger partial charge is 0.244 e. The first kappa shape index (κ1) is 18.6. The van der Waals surface area contributed by atoms with Crippen molar-refractivity contribution in [3.05, 3.63) is 46.5 Å². The van der Waals surface area contributed by atoms with Crippen molar-refractivity contribution in [2.24, 2.45) is 23.5 Å². The summed E-state index contributed by atoms with van der Waals surface area (Å²) < 4.78 is 11.2. The van der Waals surface area contributed by atoms with E-state index in [2.05, 4.69) is 16.3 Å². The van der Waals surface area contributed by atoms with Gasteiger partial charge in [0.25, 0.3) is 0 Å². The van der Waals surface area contributed by atoms with E-state index >= 15 is 0 Å². The number of nitrogens with zero attached hydrogens (tertiary/aromatic N) is 2. The molecule has 5 aliphatic rings. The number of H-pyrrole nitrogens is 1. The summed E-state index contributed by atoms with van der Waals surface area (Å²) in [4.78, 5) is 0. The SMILES string of the molecule is COc1cc(C2C(C#N)=C(N)Oc3n[nH]c(C45CC6CC(CC(C6)C4)C5)c32)ccc1O. The first-order valence-corrected chi connectivity index (χ1v) is 11.0. The minimum atomic E-state index is -0.412. The maximum Gasteiger partial charge on any atom is 0.244 e. The zero-order valence-electron chi connectivity index (χ0n) is 17.5. The van der Waals surface area contributed by atoms with Crippen molar-refractivity contribution in [3.8, 4) is 23.4 Å². The Morgan fingerprint density at radius 1 is 1.23 bits per heavy atom. The van der Waals surface area contributed by atoms with Gasteiger partial charge in [0.1, 0.15) is 11.6 Å². The monoisotopic (exact) mass is 418 g/mol. The number of nitrogens with two attached hydrogens (primary N) is 1. The van der Waals surface area contributed by atoms with Crippen molar-refractivity contribution in [1.29, 1.82) is 5.26 Å². The largest absolute Gasteiger partial charge is 0.504 e. The molecule has 4 aliphatic carbocycles. The number of methoxy groups -OCH3 is 1. The predicted octanol–water partition coefficient (Wildman–Crippen LogP) is 3.81. The number of allylic oxidation sites excluding steroid dienone is 1. The number of phenolic OH excluding ortho intramolecular Hbond substituents is 1. The molecular formula is C24H26N4O3. The zero-order chi connectivity index (χ0) is 21.3. The molecule has 0 amide bonds. The number of hydrogen-bond donors (Lipinski definition) is 3. The van der Waals surface area contributed by atoms with Crippen LogP contribution in [0.5, 0.6) is 17.4 Å². The Hall–Kier alpha value is -3.14. The van der Waals surface area contributed by atoms with Gasteiger partial charge in [-0.2, -0.15) is 5.26 Å². The molecule has 0 saturated heterocycles. The van der Waals surface area contributed by atoms with E-state index in [1.54, 1.807) is 12.1 Å². The van der Waals surface area contributed by atoms with Gasteiger partial charge in [0.15, 0.2) is 11.5 Å². The lowest BCUT2D eigenvalue weighted by Crippen LogP contribution is -2.49. The van der Waals surface area contributed by atoms with Crippen LogP contribution in [0, 0.1) is 29.1 Å². The summed E-state index contributed by atoms with van der Waals surface area (Å²) in [7, 11) is 1.52. The Bertz CT molecular complexity index is 1110. The molecule has 4 bridgehead atoms. The lowest BCUT2D eigenvalue weighted by molar-refractivity contribution is -0.00768. The Morgan fingerprint density at radius 3 is 2.52 bits per heavy atom. The molecule has 1 unspecified atom stereocenters. The molecule has 2 heterocycles. The summed E-state index contributed by atoms with van der Waals surface area (Å²) in [6.45, 7) is 0.